The second kappa shape index (κ2) is 7.09. The molecule has 0 saturated carbocycles. The fraction of sp³-hybridized carbons (Fsp3) is 0.100. The summed E-state index contributed by atoms with van der Waals surface area (Å²) >= 11 is 1.26. The number of hydrogen-bond acceptors (Lipinski definition) is 5. The number of thiazole rings is 1. The lowest BCUT2D eigenvalue weighted by Gasteiger charge is -2.07. The summed E-state index contributed by atoms with van der Waals surface area (Å²) in [5.74, 6) is 0. The molecule has 0 amide bonds. The van der Waals surface area contributed by atoms with Gasteiger partial charge in [-0.05, 0) is 24.1 Å². The van der Waals surface area contributed by atoms with Crippen LogP contribution in [0.3, 0.4) is 0 Å². The molecule has 2 heterocycles. The Kier molecular flexibility index (Phi) is 4.63. The summed E-state index contributed by atoms with van der Waals surface area (Å²) in [4.78, 5) is 8.80. The van der Waals surface area contributed by atoms with Crippen LogP contribution in [0.2, 0.25) is 0 Å². The van der Waals surface area contributed by atoms with Crippen LogP contribution >= 0.6 is 11.3 Å². The summed E-state index contributed by atoms with van der Waals surface area (Å²) in [6, 6.07) is 16.8. The first-order chi connectivity index (χ1) is 13.1. The maximum atomic E-state index is 12.9. The number of rotatable bonds is 5. The van der Waals surface area contributed by atoms with Crippen molar-refractivity contribution in [1.82, 2.24) is 9.97 Å². The Hall–Kier alpha value is -2.77. The van der Waals surface area contributed by atoms with E-state index in [4.69, 9.17) is 0 Å². The third kappa shape index (κ3) is 3.56. The maximum Gasteiger partial charge on any atom is 0.265 e. The molecule has 4 aromatic rings. The standard InChI is InChI=1S/C20H17N3O2S2/c1-2-14-8-10-15(11-9-14)17-13-26-20(22-17)23-27(24,25)18-7-3-5-16-6-4-12-21-19(16)18/h3-13H,2H2,1H3,(H,22,23). The van der Waals surface area contributed by atoms with Crippen molar-refractivity contribution in [2.75, 3.05) is 4.72 Å². The maximum absolute atomic E-state index is 12.9. The summed E-state index contributed by atoms with van der Waals surface area (Å²) < 4.78 is 28.3. The van der Waals surface area contributed by atoms with Gasteiger partial charge in [-0.15, -0.1) is 11.3 Å². The second-order valence-electron chi connectivity index (χ2n) is 6.03. The molecule has 0 aliphatic carbocycles. The van der Waals surface area contributed by atoms with Crippen molar-refractivity contribution in [3.05, 3.63) is 71.7 Å². The molecule has 7 heteroatoms. The van der Waals surface area contributed by atoms with E-state index in [1.165, 1.54) is 16.9 Å². The number of sulfonamides is 1. The van der Waals surface area contributed by atoms with Gasteiger partial charge >= 0.3 is 0 Å². The van der Waals surface area contributed by atoms with E-state index in [1.807, 2.05) is 29.6 Å². The van der Waals surface area contributed by atoms with Crippen molar-refractivity contribution < 1.29 is 8.42 Å². The third-order valence-electron chi connectivity index (χ3n) is 4.27. The number of aryl methyl sites for hydroxylation is 1. The fourth-order valence-electron chi connectivity index (χ4n) is 2.83. The second-order valence-corrected chi connectivity index (χ2v) is 8.53. The highest BCUT2D eigenvalue weighted by Crippen LogP contribution is 2.28. The van der Waals surface area contributed by atoms with Crippen LogP contribution < -0.4 is 4.72 Å². The minimum absolute atomic E-state index is 0.143. The van der Waals surface area contributed by atoms with Crippen LogP contribution in [0.5, 0.6) is 0 Å². The number of fused-ring (bicyclic) bond motifs is 1. The number of pyridine rings is 1. The number of para-hydroxylation sites is 1. The van der Waals surface area contributed by atoms with Gasteiger partial charge in [0.05, 0.1) is 11.2 Å². The molecule has 136 valence electrons. The minimum Gasteiger partial charge on any atom is -0.255 e. The minimum atomic E-state index is -3.78. The Balaban J connectivity index is 1.64. The lowest BCUT2D eigenvalue weighted by molar-refractivity contribution is 0.602. The van der Waals surface area contributed by atoms with Crippen LogP contribution in [0.15, 0.2) is 71.1 Å². The molecule has 5 nitrogen and oxygen atoms in total. The average molecular weight is 396 g/mol. The van der Waals surface area contributed by atoms with Crippen molar-refractivity contribution in [3.8, 4) is 11.3 Å². The summed E-state index contributed by atoms with van der Waals surface area (Å²) in [6.07, 6.45) is 2.56. The lowest BCUT2D eigenvalue weighted by Crippen LogP contribution is -2.13. The summed E-state index contributed by atoms with van der Waals surface area (Å²) in [5, 5.41) is 2.95. The van der Waals surface area contributed by atoms with Gasteiger partial charge in [0, 0.05) is 22.5 Å². The van der Waals surface area contributed by atoms with Gasteiger partial charge in [-0.25, -0.2) is 13.4 Å². The molecule has 0 unspecified atom stereocenters. The van der Waals surface area contributed by atoms with Gasteiger partial charge in [0.1, 0.15) is 4.90 Å². The quantitative estimate of drug-likeness (QED) is 0.531. The zero-order chi connectivity index (χ0) is 18.9. The van der Waals surface area contributed by atoms with Crippen molar-refractivity contribution in [1.29, 1.82) is 0 Å². The Bertz CT molecular complexity index is 1190. The van der Waals surface area contributed by atoms with Crippen LogP contribution in [0, 0.1) is 0 Å². The first-order valence-corrected chi connectivity index (χ1v) is 10.8. The van der Waals surface area contributed by atoms with Crippen molar-refractivity contribution in [2.24, 2.45) is 0 Å². The SMILES string of the molecule is CCc1ccc(-c2csc(NS(=O)(=O)c3cccc4cccnc34)n2)cc1. The van der Waals surface area contributed by atoms with E-state index in [0.29, 0.717) is 10.6 Å². The third-order valence-corrected chi connectivity index (χ3v) is 6.53. The van der Waals surface area contributed by atoms with Gasteiger partial charge in [-0.1, -0.05) is 49.4 Å². The number of anilines is 1. The summed E-state index contributed by atoms with van der Waals surface area (Å²) in [5.41, 5.74) is 3.40. The van der Waals surface area contributed by atoms with E-state index in [9.17, 15) is 8.42 Å². The van der Waals surface area contributed by atoms with E-state index in [0.717, 1.165) is 23.1 Å². The lowest BCUT2D eigenvalue weighted by atomic mass is 10.1. The normalized spacial score (nSPS) is 11.6. The predicted octanol–water partition coefficient (Wildman–Crippen LogP) is 4.72. The van der Waals surface area contributed by atoms with E-state index >= 15 is 0 Å². The molecule has 0 atom stereocenters. The first kappa shape index (κ1) is 17.6. The molecular weight excluding hydrogens is 378 g/mol. The summed E-state index contributed by atoms with van der Waals surface area (Å²) in [7, 11) is -3.78. The van der Waals surface area contributed by atoms with E-state index in [1.54, 1.807) is 24.4 Å². The molecule has 4 rings (SSSR count). The summed E-state index contributed by atoms with van der Waals surface area (Å²) in [6.45, 7) is 2.10. The number of nitrogens with one attached hydrogen (secondary N) is 1. The van der Waals surface area contributed by atoms with Gasteiger partial charge in [-0.3, -0.25) is 9.71 Å². The van der Waals surface area contributed by atoms with E-state index < -0.39 is 10.0 Å². The highest BCUT2D eigenvalue weighted by atomic mass is 32.2. The van der Waals surface area contributed by atoms with Crippen molar-refractivity contribution in [2.45, 2.75) is 18.2 Å². The molecular formula is C20H17N3O2S2. The molecule has 0 fully saturated rings. The number of aromatic nitrogens is 2. The van der Waals surface area contributed by atoms with Gasteiger partial charge in [0.2, 0.25) is 0 Å². The molecule has 0 radical (unpaired) electrons. The molecule has 2 aromatic heterocycles. The van der Waals surface area contributed by atoms with Crippen LogP contribution in [-0.4, -0.2) is 18.4 Å². The Morgan fingerprint density at radius 1 is 1.04 bits per heavy atom. The number of benzene rings is 2. The van der Waals surface area contributed by atoms with Gasteiger partial charge < -0.3 is 0 Å². The largest absolute Gasteiger partial charge is 0.265 e. The predicted molar refractivity (Wildman–Crippen MR) is 109 cm³/mol. The highest BCUT2D eigenvalue weighted by Gasteiger charge is 2.20. The van der Waals surface area contributed by atoms with Crippen LogP contribution in [-0.2, 0) is 16.4 Å². The van der Waals surface area contributed by atoms with Gasteiger partial charge in [0.15, 0.2) is 5.13 Å². The topological polar surface area (TPSA) is 72.0 Å². The molecule has 2 aromatic carbocycles. The Morgan fingerprint density at radius 2 is 1.81 bits per heavy atom. The van der Waals surface area contributed by atoms with Crippen molar-refractivity contribution >= 4 is 37.4 Å². The van der Waals surface area contributed by atoms with Gasteiger partial charge in [-0.2, -0.15) is 0 Å². The Labute approximate surface area is 161 Å². The fourth-order valence-corrected chi connectivity index (χ4v) is 4.98. The van der Waals surface area contributed by atoms with Gasteiger partial charge in [0.25, 0.3) is 10.0 Å². The van der Waals surface area contributed by atoms with E-state index in [-0.39, 0.29) is 4.90 Å². The van der Waals surface area contributed by atoms with Crippen LogP contribution in [0.1, 0.15) is 12.5 Å². The molecule has 27 heavy (non-hydrogen) atoms. The van der Waals surface area contributed by atoms with E-state index in [2.05, 4.69) is 33.7 Å². The monoisotopic (exact) mass is 395 g/mol. The number of hydrogen-bond donors (Lipinski definition) is 1. The average Bonchev–Trinajstić information content (AvgIpc) is 3.15. The molecule has 0 spiro atoms. The molecule has 0 aliphatic rings. The van der Waals surface area contributed by atoms with Crippen molar-refractivity contribution in [3.63, 3.8) is 0 Å². The Morgan fingerprint density at radius 3 is 2.59 bits per heavy atom. The molecule has 0 bridgehead atoms. The zero-order valence-electron chi connectivity index (χ0n) is 14.6. The molecule has 1 N–H and O–H groups in total. The van der Waals surface area contributed by atoms with Crippen LogP contribution in [0.4, 0.5) is 5.13 Å². The highest BCUT2D eigenvalue weighted by molar-refractivity contribution is 7.93. The molecule has 0 saturated heterocycles. The van der Waals surface area contributed by atoms with Crippen LogP contribution in [0.25, 0.3) is 22.2 Å². The zero-order valence-corrected chi connectivity index (χ0v) is 16.2. The number of nitrogens with zero attached hydrogens (tertiary/aromatic N) is 2. The first-order valence-electron chi connectivity index (χ1n) is 8.48. The molecule has 0 aliphatic heterocycles. The smallest absolute Gasteiger partial charge is 0.255 e.